The maximum atomic E-state index is 11.9. The van der Waals surface area contributed by atoms with Gasteiger partial charge in [0, 0.05) is 13.0 Å². The molecule has 0 saturated heterocycles. The largest absolute Gasteiger partial charge is 0.481 e. The summed E-state index contributed by atoms with van der Waals surface area (Å²) in [6.07, 6.45) is 3.87. The van der Waals surface area contributed by atoms with Gasteiger partial charge in [-0.15, -0.1) is 5.10 Å². The molecule has 1 aromatic heterocycles. The van der Waals surface area contributed by atoms with Crippen LogP contribution in [-0.4, -0.2) is 38.5 Å². The number of hydrogen-bond donors (Lipinski definition) is 2. The number of carbonyl (C=O) groups excluding carboxylic acids is 1. The SMILES string of the molecule is O=C(O)CCCCCNC(=O)c1cn(-c2ccccc2)nn1. The van der Waals surface area contributed by atoms with Crippen LogP contribution >= 0.6 is 0 Å². The van der Waals surface area contributed by atoms with Gasteiger partial charge in [0.05, 0.1) is 11.9 Å². The Bertz CT molecular complexity index is 625. The topological polar surface area (TPSA) is 97.1 Å². The van der Waals surface area contributed by atoms with Crippen LogP contribution in [0.15, 0.2) is 36.5 Å². The fraction of sp³-hybridized carbons (Fsp3) is 0.333. The summed E-state index contributed by atoms with van der Waals surface area (Å²) in [5.41, 5.74) is 1.09. The van der Waals surface area contributed by atoms with Crippen LogP contribution in [0.1, 0.15) is 36.2 Å². The van der Waals surface area contributed by atoms with Gasteiger partial charge in [0.25, 0.3) is 5.91 Å². The fourth-order valence-electron chi connectivity index (χ4n) is 1.95. The molecule has 2 rings (SSSR count). The molecule has 1 aromatic carbocycles. The predicted octanol–water partition coefficient (Wildman–Crippen LogP) is 1.64. The average molecular weight is 302 g/mol. The predicted molar refractivity (Wildman–Crippen MR) is 79.8 cm³/mol. The van der Waals surface area contributed by atoms with E-state index in [9.17, 15) is 9.59 Å². The lowest BCUT2D eigenvalue weighted by molar-refractivity contribution is -0.137. The first kappa shape index (κ1) is 15.7. The van der Waals surface area contributed by atoms with Gasteiger partial charge in [-0.1, -0.05) is 29.8 Å². The van der Waals surface area contributed by atoms with Gasteiger partial charge in [0.2, 0.25) is 0 Å². The number of unbranched alkanes of at least 4 members (excludes halogenated alkanes) is 2. The van der Waals surface area contributed by atoms with Crippen molar-refractivity contribution >= 4 is 11.9 Å². The first-order valence-electron chi connectivity index (χ1n) is 7.14. The second-order valence-corrected chi connectivity index (χ2v) is 4.84. The van der Waals surface area contributed by atoms with E-state index in [0.717, 1.165) is 18.5 Å². The monoisotopic (exact) mass is 302 g/mol. The van der Waals surface area contributed by atoms with Crippen LogP contribution in [0.4, 0.5) is 0 Å². The Morgan fingerprint density at radius 3 is 2.64 bits per heavy atom. The third-order valence-corrected chi connectivity index (χ3v) is 3.10. The molecule has 0 aliphatic carbocycles. The Morgan fingerprint density at radius 2 is 1.91 bits per heavy atom. The average Bonchev–Trinajstić information content (AvgIpc) is 3.01. The van der Waals surface area contributed by atoms with E-state index < -0.39 is 5.97 Å². The molecule has 0 fully saturated rings. The Balaban J connectivity index is 1.77. The van der Waals surface area contributed by atoms with Crippen molar-refractivity contribution in [3.05, 3.63) is 42.2 Å². The Labute approximate surface area is 128 Å². The molecule has 7 nitrogen and oxygen atoms in total. The molecule has 0 aliphatic rings. The van der Waals surface area contributed by atoms with Crippen molar-refractivity contribution < 1.29 is 14.7 Å². The minimum absolute atomic E-state index is 0.166. The third kappa shape index (κ3) is 4.69. The summed E-state index contributed by atoms with van der Waals surface area (Å²) in [6, 6.07) is 9.41. The second-order valence-electron chi connectivity index (χ2n) is 4.84. The van der Waals surface area contributed by atoms with Crippen LogP contribution in [0.3, 0.4) is 0 Å². The summed E-state index contributed by atoms with van der Waals surface area (Å²) in [5.74, 6) is -1.07. The van der Waals surface area contributed by atoms with Crippen LogP contribution in [0.5, 0.6) is 0 Å². The van der Waals surface area contributed by atoms with Crippen LogP contribution in [0, 0.1) is 0 Å². The molecular weight excluding hydrogens is 284 g/mol. The van der Waals surface area contributed by atoms with Crippen molar-refractivity contribution in [2.45, 2.75) is 25.7 Å². The van der Waals surface area contributed by atoms with E-state index in [4.69, 9.17) is 5.11 Å². The number of carboxylic acids is 1. The normalized spacial score (nSPS) is 10.4. The van der Waals surface area contributed by atoms with Crippen molar-refractivity contribution in [3.63, 3.8) is 0 Å². The second kappa shape index (κ2) is 7.92. The molecular formula is C15H18N4O3. The number of nitrogens with one attached hydrogen (secondary N) is 1. The standard InChI is InChI=1S/C15H18N4O3/c20-14(21)9-5-2-6-10-16-15(22)13-11-19(18-17-13)12-7-3-1-4-8-12/h1,3-4,7-8,11H,2,5-6,9-10H2,(H,16,22)(H,20,21). The first-order chi connectivity index (χ1) is 10.7. The zero-order chi connectivity index (χ0) is 15.8. The molecule has 2 N–H and O–H groups in total. The van der Waals surface area contributed by atoms with E-state index >= 15 is 0 Å². The third-order valence-electron chi connectivity index (χ3n) is 3.10. The molecule has 0 aliphatic heterocycles. The summed E-state index contributed by atoms with van der Waals surface area (Å²) in [7, 11) is 0. The fourth-order valence-corrected chi connectivity index (χ4v) is 1.95. The van der Waals surface area contributed by atoms with Crippen molar-refractivity contribution in [2.75, 3.05) is 6.54 Å². The molecule has 0 bridgehead atoms. The number of nitrogens with zero attached hydrogens (tertiary/aromatic N) is 3. The number of benzene rings is 1. The van der Waals surface area contributed by atoms with Gasteiger partial charge >= 0.3 is 5.97 Å². The van der Waals surface area contributed by atoms with Crippen LogP contribution in [0.25, 0.3) is 5.69 Å². The van der Waals surface area contributed by atoms with Gasteiger partial charge in [0.1, 0.15) is 0 Å². The molecule has 2 aromatic rings. The number of para-hydroxylation sites is 1. The Hall–Kier alpha value is -2.70. The van der Waals surface area contributed by atoms with E-state index in [1.807, 2.05) is 30.3 Å². The number of rotatable bonds is 8. The highest BCUT2D eigenvalue weighted by Crippen LogP contribution is 2.05. The van der Waals surface area contributed by atoms with Gasteiger partial charge in [-0.05, 0) is 25.0 Å². The zero-order valence-electron chi connectivity index (χ0n) is 12.1. The van der Waals surface area contributed by atoms with E-state index in [1.165, 1.54) is 0 Å². The van der Waals surface area contributed by atoms with Crippen LogP contribution in [-0.2, 0) is 4.79 Å². The number of aliphatic carboxylic acids is 1. The molecule has 1 amide bonds. The highest BCUT2D eigenvalue weighted by atomic mass is 16.4. The minimum atomic E-state index is -0.790. The lowest BCUT2D eigenvalue weighted by atomic mass is 10.2. The highest BCUT2D eigenvalue weighted by Gasteiger charge is 2.10. The maximum Gasteiger partial charge on any atom is 0.303 e. The number of carbonyl (C=O) groups is 2. The summed E-state index contributed by atoms with van der Waals surface area (Å²) >= 11 is 0. The smallest absolute Gasteiger partial charge is 0.303 e. The van der Waals surface area contributed by atoms with Gasteiger partial charge in [-0.2, -0.15) is 0 Å². The van der Waals surface area contributed by atoms with Crippen LogP contribution in [0.2, 0.25) is 0 Å². The van der Waals surface area contributed by atoms with Crippen molar-refractivity contribution in [3.8, 4) is 5.69 Å². The van der Waals surface area contributed by atoms with E-state index in [1.54, 1.807) is 10.9 Å². The number of hydrogen-bond acceptors (Lipinski definition) is 4. The van der Waals surface area contributed by atoms with Crippen molar-refractivity contribution in [2.24, 2.45) is 0 Å². The van der Waals surface area contributed by atoms with Crippen molar-refractivity contribution in [1.82, 2.24) is 20.3 Å². The molecule has 0 atom stereocenters. The van der Waals surface area contributed by atoms with Crippen molar-refractivity contribution in [1.29, 1.82) is 0 Å². The molecule has 7 heteroatoms. The number of carboxylic acid groups (broad SMARTS) is 1. The number of aromatic nitrogens is 3. The van der Waals surface area contributed by atoms with Crippen LogP contribution < -0.4 is 5.32 Å². The maximum absolute atomic E-state index is 11.9. The van der Waals surface area contributed by atoms with E-state index in [2.05, 4.69) is 15.6 Å². The zero-order valence-corrected chi connectivity index (χ0v) is 12.1. The van der Waals surface area contributed by atoms with Gasteiger partial charge in [-0.25, -0.2) is 4.68 Å². The van der Waals surface area contributed by atoms with Gasteiger partial charge in [0.15, 0.2) is 5.69 Å². The van der Waals surface area contributed by atoms with E-state index in [0.29, 0.717) is 13.0 Å². The van der Waals surface area contributed by atoms with Gasteiger partial charge in [-0.3, -0.25) is 9.59 Å². The quantitative estimate of drug-likeness (QED) is 0.722. The molecule has 22 heavy (non-hydrogen) atoms. The summed E-state index contributed by atoms with van der Waals surface area (Å²) in [6.45, 7) is 0.497. The molecule has 0 radical (unpaired) electrons. The Kier molecular flexibility index (Phi) is 5.65. The lowest BCUT2D eigenvalue weighted by Crippen LogP contribution is -2.24. The highest BCUT2D eigenvalue weighted by molar-refractivity contribution is 5.91. The first-order valence-corrected chi connectivity index (χ1v) is 7.14. The van der Waals surface area contributed by atoms with E-state index in [-0.39, 0.29) is 18.0 Å². The molecule has 116 valence electrons. The lowest BCUT2D eigenvalue weighted by Gasteiger charge is -2.02. The minimum Gasteiger partial charge on any atom is -0.481 e. The summed E-state index contributed by atoms with van der Waals surface area (Å²) < 4.78 is 1.54. The molecule has 0 spiro atoms. The molecule has 1 heterocycles. The molecule has 0 unspecified atom stereocenters. The number of amides is 1. The van der Waals surface area contributed by atoms with Gasteiger partial charge < -0.3 is 10.4 Å². The molecule has 0 saturated carbocycles. The summed E-state index contributed by atoms with van der Waals surface area (Å²) in [4.78, 5) is 22.3. The Morgan fingerprint density at radius 1 is 1.14 bits per heavy atom. The summed E-state index contributed by atoms with van der Waals surface area (Å²) in [5, 5.41) is 19.0.